The fourth-order valence-electron chi connectivity index (χ4n) is 2.17. The molecule has 0 aliphatic carbocycles. The number of hydrogen-bond acceptors (Lipinski definition) is 3. The first kappa shape index (κ1) is 14.4. The molecule has 1 amide bonds. The number of aromatic nitrogens is 2. The van der Waals surface area contributed by atoms with Crippen molar-refractivity contribution in [3.05, 3.63) is 70.9 Å². The van der Waals surface area contributed by atoms with E-state index in [4.69, 9.17) is 16.0 Å². The molecule has 0 atom stereocenters. The Labute approximate surface area is 132 Å². The Morgan fingerprint density at radius 1 is 1.27 bits per heavy atom. The lowest BCUT2D eigenvalue weighted by molar-refractivity contribution is 0.0947. The normalized spacial score (nSPS) is 10.6. The molecule has 1 aromatic carbocycles. The van der Waals surface area contributed by atoms with Crippen LogP contribution in [0.5, 0.6) is 0 Å². The van der Waals surface area contributed by atoms with E-state index < -0.39 is 0 Å². The minimum Gasteiger partial charge on any atom is -0.467 e. The van der Waals surface area contributed by atoms with Crippen LogP contribution in [0.4, 0.5) is 0 Å². The van der Waals surface area contributed by atoms with Gasteiger partial charge in [0.2, 0.25) is 0 Å². The summed E-state index contributed by atoms with van der Waals surface area (Å²) < 4.78 is 6.74. The molecule has 22 heavy (non-hydrogen) atoms. The molecule has 2 heterocycles. The minimum atomic E-state index is -0.277. The van der Waals surface area contributed by atoms with Gasteiger partial charge in [0, 0.05) is 0 Å². The number of hydrogen-bond donors (Lipinski definition) is 1. The SMILES string of the molecule is Cc1nn(-c2ccccc2)c(Cl)c1C(=O)NCc1ccco1. The van der Waals surface area contributed by atoms with E-state index in [0.717, 1.165) is 5.69 Å². The van der Waals surface area contributed by atoms with Crippen LogP contribution < -0.4 is 5.32 Å². The Morgan fingerprint density at radius 3 is 2.73 bits per heavy atom. The van der Waals surface area contributed by atoms with Crippen LogP contribution in [-0.4, -0.2) is 15.7 Å². The summed E-state index contributed by atoms with van der Waals surface area (Å²) in [5.41, 5.74) is 1.75. The number of nitrogens with zero attached hydrogens (tertiary/aromatic N) is 2. The summed E-state index contributed by atoms with van der Waals surface area (Å²) in [6, 6.07) is 13.0. The molecule has 0 bridgehead atoms. The molecular weight excluding hydrogens is 302 g/mol. The van der Waals surface area contributed by atoms with E-state index in [0.29, 0.717) is 28.7 Å². The van der Waals surface area contributed by atoms with Crippen molar-refractivity contribution in [1.82, 2.24) is 15.1 Å². The van der Waals surface area contributed by atoms with Gasteiger partial charge in [0.1, 0.15) is 10.9 Å². The zero-order valence-corrected chi connectivity index (χ0v) is 12.7. The highest BCUT2D eigenvalue weighted by Crippen LogP contribution is 2.23. The molecule has 0 aliphatic rings. The molecule has 5 nitrogen and oxygen atoms in total. The van der Waals surface area contributed by atoms with Crippen LogP contribution in [0, 0.1) is 6.92 Å². The van der Waals surface area contributed by atoms with E-state index in [1.54, 1.807) is 30.0 Å². The van der Waals surface area contributed by atoms with Crippen molar-refractivity contribution in [2.75, 3.05) is 0 Å². The van der Waals surface area contributed by atoms with Crippen molar-refractivity contribution in [1.29, 1.82) is 0 Å². The molecule has 0 fully saturated rings. The predicted octanol–water partition coefficient (Wildman–Crippen LogP) is 3.36. The summed E-state index contributed by atoms with van der Waals surface area (Å²) in [5, 5.41) is 7.42. The van der Waals surface area contributed by atoms with Gasteiger partial charge in [0.05, 0.1) is 29.8 Å². The second-order valence-electron chi connectivity index (χ2n) is 4.76. The molecule has 2 aromatic heterocycles. The predicted molar refractivity (Wildman–Crippen MR) is 83.2 cm³/mol. The van der Waals surface area contributed by atoms with E-state index in [1.165, 1.54) is 0 Å². The largest absolute Gasteiger partial charge is 0.467 e. The Balaban J connectivity index is 1.85. The summed E-state index contributed by atoms with van der Waals surface area (Å²) in [6.45, 7) is 2.06. The number of carbonyl (C=O) groups excluding carboxylic acids is 1. The van der Waals surface area contributed by atoms with Crippen LogP contribution in [-0.2, 0) is 6.54 Å². The highest BCUT2D eigenvalue weighted by atomic mass is 35.5. The van der Waals surface area contributed by atoms with Crippen molar-refractivity contribution in [3.63, 3.8) is 0 Å². The number of amides is 1. The average molecular weight is 316 g/mol. The highest BCUT2D eigenvalue weighted by Gasteiger charge is 2.21. The lowest BCUT2D eigenvalue weighted by Crippen LogP contribution is -2.23. The molecule has 0 saturated heterocycles. The van der Waals surface area contributed by atoms with Gasteiger partial charge >= 0.3 is 0 Å². The second kappa shape index (κ2) is 6.07. The van der Waals surface area contributed by atoms with E-state index in [1.807, 2.05) is 30.3 Å². The Bertz CT molecular complexity index is 779. The monoisotopic (exact) mass is 315 g/mol. The van der Waals surface area contributed by atoms with E-state index >= 15 is 0 Å². The summed E-state index contributed by atoms with van der Waals surface area (Å²) in [7, 11) is 0. The molecule has 0 aliphatic heterocycles. The number of benzene rings is 1. The highest BCUT2D eigenvalue weighted by molar-refractivity contribution is 6.33. The average Bonchev–Trinajstić information content (AvgIpc) is 3.14. The molecule has 0 saturated carbocycles. The van der Waals surface area contributed by atoms with Gasteiger partial charge < -0.3 is 9.73 Å². The van der Waals surface area contributed by atoms with Gasteiger partial charge in [-0.25, -0.2) is 4.68 Å². The summed E-state index contributed by atoms with van der Waals surface area (Å²) >= 11 is 6.34. The molecule has 3 rings (SSSR count). The van der Waals surface area contributed by atoms with E-state index in [2.05, 4.69) is 10.4 Å². The topological polar surface area (TPSA) is 60.1 Å². The van der Waals surface area contributed by atoms with Gasteiger partial charge in [-0.15, -0.1) is 0 Å². The standard InChI is InChI=1S/C16H14ClN3O2/c1-11-14(16(21)18-10-13-8-5-9-22-13)15(17)20(19-11)12-6-3-2-4-7-12/h2-9H,10H2,1H3,(H,18,21). The maximum atomic E-state index is 12.3. The lowest BCUT2D eigenvalue weighted by atomic mass is 10.2. The smallest absolute Gasteiger partial charge is 0.256 e. The first-order chi connectivity index (χ1) is 10.7. The molecule has 0 unspecified atom stereocenters. The number of para-hydroxylation sites is 1. The first-order valence-electron chi connectivity index (χ1n) is 6.78. The van der Waals surface area contributed by atoms with Crippen molar-refractivity contribution in [2.24, 2.45) is 0 Å². The Hall–Kier alpha value is -2.53. The van der Waals surface area contributed by atoms with Gasteiger partial charge in [-0.1, -0.05) is 29.8 Å². The van der Waals surface area contributed by atoms with Gasteiger partial charge in [-0.2, -0.15) is 5.10 Å². The third-order valence-electron chi connectivity index (χ3n) is 3.24. The second-order valence-corrected chi connectivity index (χ2v) is 5.12. The third kappa shape index (κ3) is 2.76. The van der Waals surface area contributed by atoms with Crippen molar-refractivity contribution >= 4 is 17.5 Å². The van der Waals surface area contributed by atoms with Gasteiger partial charge in [0.15, 0.2) is 0 Å². The maximum Gasteiger partial charge on any atom is 0.256 e. The summed E-state index contributed by atoms with van der Waals surface area (Å²) in [6.07, 6.45) is 1.56. The van der Waals surface area contributed by atoms with Crippen LogP contribution >= 0.6 is 11.6 Å². The molecular formula is C16H14ClN3O2. The molecule has 6 heteroatoms. The van der Waals surface area contributed by atoms with Gasteiger partial charge in [-0.05, 0) is 31.2 Å². The fourth-order valence-corrected chi connectivity index (χ4v) is 2.52. The number of aryl methyl sites for hydroxylation is 1. The zero-order chi connectivity index (χ0) is 15.5. The lowest BCUT2D eigenvalue weighted by Gasteiger charge is -2.04. The van der Waals surface area contributed by atoms with Crippen LogP contribution in [0.1, 0.15) is 21.8 Å². The molecule has 0 radical (unpaired) electrons. The number of nitrogens with one attached hydrogen (secondary N) is 1. The van der Waals surface area contributed by atoms with Crippen molar-refractivity contribution in [3.8, 4) is 5.69 Å². The number of carbonyl (C=O) groups is 1. The molecule has 1 N–H and O–H groups in total. The van der Waals surface area contributed by atoms with E-state index in [-0.39, 0.29) is 5.91 Å². The van der Waals surface area contributed by atoms with Crippen molar-refractivity contribution < 1.29 is 9.21 Å². The van der Waals surface area contributed by atoms with E-state index in [9.17, 15) is 4.79 Å². The Morgan fingerprint density at radius 2 is 2.05 bits per heavy atom. The summed E-state index contributed by atoms with van der Waals surface area (Å²) in [4.78, 5) is 12.3. The number of furan rings is 1. The molecule has 3 aromatic rings. The maximum absolute atomic E-state index is 12.3. The molecule has 0 spiro atoms. The first-order valence-corrected chi connectivity index (χ1v) is 7.15. The number of halogens is 1. The van der Waals surface area contributed by atoms with Crippen LogP contribution in [0.25, 0.3) is 5.69 Å². The van der Waals surface area contributed by atoms with Crippen molar-refractivity contribution in [2.45, 2.75) is 13.5 Å². The zero-order valence-electron chi connectivity index (χ0n) is 11.9. The Kier molecular flexibility index (Phi) is 3.98. The quantitative estimate of drug-likeness (QED) is 0.803. The number of rotatable bonds is 4. The van der Waals surface area contributed by atoms with Gasteiger partial charge in [-0.3, -0.25) is 4.79 Å². The van der Waals surface area contributed by atoms with Gasteiger partial charge in [0.25, 0.3) is 5.91 Å². The molecule has 112 valence electrons. The third-order valence-corrected chi connectivity index (χ3v) is 3.58. The minimum absolute atomic E-state index is 0.277. The van der Waals surface area contributed by atoms with Crippen LogP contribution in [0.3, 0.4) is 0 Å². The van der Waals surface area contributed by atoms with Crippen LogP contribution in [0.2, 0.25) is 5.15 Å². The summed E-state index contributed by atoms with van der Waals surface area (Å²) in [5.74, 6) is 0.402. The fraction of sp³-hybridized carbons (Fsp3) is 0.125. The van der Waals surface area contributed by atoms with Crippen LogP contribution in [0.15, 0.2) is 53.1 Å².